The Balaban J connectivity index is 1.96. The Bertz CT molecular complexity index is 761. The van der Waals surface area contributed by atoms with Crippen LogP contribution in [0.1, 0.15) is 23.7 Å². The van der Waals surface area contributed by atoms with Gasteiger partial charge in [0, 0.05) is 31.9 Å². The number of benzene rings is 1. The van der Waals surface area contributed by atoms with Gasteiger partial charge in [-0.15, -0.1) is 0 Å². The van der Waals surface area contributed by atoms with Crippen LogP contribution >= 0.6 is 12.2 Å². The van der Waals surface area contributed by atoms with Crippen molar-refractivity contribution in [1.29, 1.82) is 0 Å². The number of hydrogen-bond donors (Lipinski definition) is 1. The second-order valence-corrected chi connectivity index (χ2v) is 6.00. The number of carbonyl (C=O) groups excluding carboxylic acids is 1. The van der Waals surface area contributed by atoms with Crippen LogP contribution in [0, 0.1) is 0 Å². The van der Waals surface area contributed by atoms with E-state index in [1.807, 2.05) is 48.1 Å². The number of anilines is 1. The molecule has 1 N–H and O–H groups in total. The highest BCUT2D eigenvalue weighted by atomic mass is 32.1. The van der Waals surface area contributed by atoms with Crippen LogP contribution in [0.25, 0.3) is 5.69 Å². The van der Waals surface area contributed by atoms with E-state index in [4.69, 9.17) is 21.7 Å². The molecule has 1 atom stereocenters. The number of para-hydroxylation sites is 1. The van der Waals surface area contributed by atoms with E-state index in [1.165, 1.54) is 7.11 Å². The van der Waals surface area contributed by atoms with Gasteiger partial charge in [-0.3, -0.25) is 0 Å². The van der Waals surface area contributed by atoms with Crippen LogP contribution in [0.4, 0.5) is 5.69 Å². The molecule has 1 aromatic heterocycles. The highest BCUT2D eigenvalue weighted by Gasteiger charge is 2.33. The van der Waals surface area contributed by atoms with Gasteiger partial charge in [0.15, 0.2) is 6.23 Å². The van der Waals surface area contributed by atoms with Gasteiger partial charge in [0.05, 0.1) is 24.0 Å². The van der Waals surface area contributed by atoms with Crippen molar-refractivity contribution in [2.75, 3.05) is 25.1 Å². The molecule has 1 aliphatic heterocycles. The molecule has 6 nitrogen and oxygen atoms in total. The minimum Gasteiger partial charge on any atom is -0.465 e. The van der Waals surface area contributed by atoms with Crippen LogP contribution < -0.4 is 10.2 Å². The predicted molar refractivity (Wildman–Crippen MR) is 100 cm³/mol. The lowest BCUT2D eigenvalue weighted by Gasteiger charge is -2.43. The molecule has 1 aliphatic rings. The summed E-state index contributed by atoms with van der Waals surface area (Å²) in [6.45, 7) is 3.52. The molecular weight excluding hydrogens is 338 g/mol. The molecule has 1 unspecified atom stereocenters. The van der Waals surface area contributed by atoms with Gasteiger partial charge in [0.25, 0.3) is 5.17 Å². The first-order valence-electron chi connectivity index (χ1n) is 8.21. The van der Waals surface area contributed by atoms with Crippen LogP contribution in [0.15, 0.2) is 42.7 Å². The van der Waals surface area contributed by atoms with E-state index >= 15 is 0 Å². The molecule has 2 heterocycles. The molecule has 0 saturated carbocycles. The SMILES string of the molecule is CCNC(=S)OC1CCN1c1cccc(C(=O)OC)c1-n1cccc1. The number of rotatable bonds is 5. The molecule has 0 spiro atoms. The van der Waals surface area contributed by atoms with Crippen LogP contribution in [-0.4, -0.2) is 42.1 Å². The summed E-state index contributed by atoms with van der Waals surface area (Å²) >= 11 is 5.19. The van der Waals surface area contributed by atoms with Crippen molar-refractivity contribution in [3.8, 4) is 5.69 Å². The summed E-state index contributed by atoms with van der Waals surface area (Å²) < 4.78 is 12.7. The van der Waals surface area contributed by atoms with E-state index < -0.39 is 0 Å². The van der Waals surface area contributed by atoms with E-state index in [0.717, 1.165) is 30.9 Å². The van der Waals surface area contributed by atoms with Crippen molar-refractivity contribution in [3.63, 3.8) is 0 Å². The molecule has 7 heteroatoms. The second-order valence-electron chi connectivity index (χ2n) is 5.63. The molecule has 1 fully saturated rings. The topological polar surface area (TPSA) is 55.7 Å². The Hall–Kier alpha value is -2.54. The zero-order valence-corrected chi connectivity index (χ0v) is 15.1. The van der Waals surface area contributed by atoms with E-state index in [-0.39, 0.29) is 12.2 Å². The molecule has 132 valence electrons. The van der Waals surface area contributed by atoms with E-state index in [0.29, 0.717) is 10.7 Å². The third-order valence-electron chi connectivity index (χ3n) is 4.12. The Kier molecular flexibility index (Phi) is 5.23. The lowest BCUT2D eigenvalue weighted by atomic mass is 10.1. The van der Waals surface area contributed by atoms with Gasteiger partial charge in [0.1, 0.15) is 0 Å². The standard InChI is InChI=1S/C18H21N3O3S/c1-3-19-18(25)24-15-9-12-21(15)14-8-6-7-13(17(22)23-2)16(14)20-10-4-5-11-20/h4-8,10-11,15H,3,9,12H2,1-2H3,(H,19,25). The molecule has 0 aliphatic carbocycles. The molecule has 3 rings (SSSR count). The summed E-state index contributed by atoms with van der Waals surface area (Å²) in [6, 6.07) is 9.44. The molecule has 0 amide bonds. The summed E-state index contributed by atoms with van der Waals surface area (Å²) in [7, 11) is 1.39. The highest BCUT2D eigenvalue weighted by Crippen LogP contribution is 2.35. The van der Waals surface area contributed by atoms with E-state index in [1.54, 1.807) is 6.07 Å². The van der Waals surface area contributed by atoms with E-state index in [9.17, 15) is 4.79 Å². The molecule has 1 aromatic carbocycles. The normalized spacial score (nSPS) is 16.1. The molecule has 1 saturated heterocycles. The van der Waals surface area contributed by atoms with Gasteiger partial charge in [-0.2, -0.15) is 0 Å². The first-order valence-corrected chi connectivity index (χ1v) is 8.62. The third kappa shape index (κ3) is 3.46. The number of nitrogens with one attached hydrogen (secondary N) is 1. The number of thiocarbonyl (C=S) groups is 1. The molecular formula is C18H21N3O3S. The number of hydrogen-bond acceptors (Lipinski definition) is 5. The number of aromatic nitrogens is 1. The number of esters is 1. The number of carbonyl (C=O) groups is 1. The fourth-order valence-corrected chi connectivity index (χ4v) is 3.12. The summed E-state index contributed by atoms with van der Waals surface area (Å²) in [5.41, 5.74) is 2.20. The largest absolute Gasteiger partial charge is 0.465 e. The van der Waals surface area contributed by atoms with Crippen molar-refractivity contribution in [2.24, 2.45) is 0 Å². The quantitative estimate of drug-likeness (QED) is 0.654. The van der Waals surface area contributed by atoms with Gasteiger partial charge >= 0.3 is 5.97 Å². The Morgan fingerprint density at radius 3 is 2.68 bits per heavy atom. The van der Waals surface area contributed by atoms with Crippen LogP contribution in [0.5, 0.6) is 0 Å². The number of ether oxygens (including phenoxy) is 2. The first-order chi connectivity index (χ1) is 12.2. The Morgan fingerprint density at radius 2 is 2.08 bits per heavy atom. The third-order valence-corrected chi connectivity index (χ3v) is 4.36. The van der Waals surface area contributed by atoms with Crippen molar-refractivity contribution in [1.82, 2.24) is 9.88 Å². The Labute approximate surface area is 152 Å². The van der Waals surface area contributed by atoms with Crippen molar-refractivity contribution < 1.29 is 14.3 Å². The zero-order valence-electron chi connectivity index (χ0n) is 14.3. The van der Waals surface area contributed by atoms with Crippen molar-refractivity contribution in [3.05, 3.63) is 48.3 Å². The summed E-state index contributed by atoms with van der Waals surface area (Å²) in [5.74, 6) is -0.369. The van der Waals surface area contributed by atoms with Gasteiger partial charge < -0.3 is 24.3 Å². The summed E-state index contributed by atoms with van der Waals surface area (Å²) in [4.78, 5) is 14.3. The monoisotopic (exact) mass is 359 g/mol. The summed E-state index contributed by atoms with van der Waals surface area (Å²) in [5, 5.41) is 3.39. The lowest BCUT2D eigenvalue weighted by Crippen LogP contribution is -2.52. The summed E-state index contributed by atoms with van der Waals surface area (Å²) in [6.07, 6.45) is 4.54. The fourth-order valence-electron chi connectivity index (χ4n) is 2.86. The zero-order chi connectivity index (χ0) is 17.8. The highest BCUT2D eigenvalue weighted by molar-refractivity contribution is 7.80. The molecule has 25 heavy (non-hydrogen) atoms. The number of nitrogens with zero attached hydrogens (tertiary/aromatic N) is 2. The number of methoxy groups -OCH3 is 1. The van der Waals surface area contributed by atoms with Crippen LogP contribution in [0.3, 0.4) is 0 Å². The van der Waals surface area contributed by atoms with Gasteiger partial charge in [-0.1, -0.05) is 6.07 Å². The minimum absolute atomic E-state index is 0.145. The van der Waals surface area contributed by atoms with Crippen molar-refractivity contribution >= 4 is 29.0 Å². The lowest BCUT2D eigenvalue weighted by molar-refractivity contribution is 0.0600. The maximum atomic E-state index is 12.2. The average Bonchev–Trinajstić information content (AvgIpc) is 3.12. The van der Waals surface area contributed by atoms with Crippen LogP contribution in [0.2, 0.25) is 0 Å². The van der Waals surface area contributed by atoms with Gasteiger partial charge in [0.2, 0.25) is 0 Å². The van der Waals surface area contributed by atoms with Gasteiger partial charge in [-0.05, 0) is 43.4 Å². The second kappa shape index (κ2) is 7.57. The molecule has 2 aromatic rings. The first kappa shape index (κ1) is 17.3. The minimum atomic E-state index is -0.369. The van der Waals surface area contributed by atoms with Crippen LogP contribution in [-0.2, 0) is 9.47 Å². The van der Waals surface area contributed by atoms with E-state index in [2.05, 4.69) is 10.2 Å². The maximum Gasteiger partial charge on any atom is 0.340 e. The van der Waals surface area contributed by atoms with Gasteiger partial charge in [-0.25, -0.2) is 4.79 Å². The molecule has 0 radical (unpaired) electrons. The molecule has 0 bridgehead atoms. The van der Waals surface area contributed by atoms with Crippen molar-refractivity contribution in [2.45, 2.75) is 19.6 Å². The fraction of sp³-hybridized carbons (Fsp3) is 0.333. The maximum absolute atomic E-state index is 12.2. The Morgan fingerprint density at radius 1 is 1.32 bits per heavy atom. The smallest absolute Gasteiger partial charge is 0.340 e. The predicted octanol–water partition coefficient (Wildman–Crippen LogP) is 2.71. The average molecular weight is 359 g/mol.